The summed E-state index contributed by atoms with van der Waals surface area (Å²) in [7, 11) is 4.05. The van der Waals surface area contributed by atoms with Gasteiger partial charge in [-0.15, -0.1) is 0 Å². The second-order valence-electron chi connectivity index (χ2n) is 5.89. The summed E-state index contributed by atoms with van der Waals surface area (Å²) in [6.07, 6.45) is 10.9. The van der Waals surface area contributed by atoms with Gasteiger partial charge in [0.2, 0.25) is 0 Å². The smallest absolute Gasteiger partial charge is 0.180 e. The summed E-state index contributed by atoms with van der Waals surface area (Å²) >= 11 is 0. The molecule has 1 saturated carbocycles. The number of imidazole rings is 1. The molecular formula is C15H23N5. The number of rotatable bonds is 3. The van der Waals surface area contributed by atoms with E-state index in [4.69, 9.17) is 4.98 Å². The van der Waals surface area contributed by atoms with Gasteiger partial charge in [0.15, 0.2) is 11.5 Å². The molecule has 2 heterocycles. The van der Waals surface area contributed by atoms with Gasteiger partial charge in [-0.1, -0.05) is 19.8 Å². The van der Waals surface area contributed by atoms with E-state index in [-0.39, 0.29) is 0 Å². The lowest BCUT2D eigenvalue weighted by molar-refractivity contribution is 0.336. The highest BCUT2D eigenvalue weighted by atomic mass is 15.2. The number of nitrogens with zero attached hydrogens (tertiary/aromatic N) is 4. The molecule has 1 N–H and O–H groups in total. The van der Waals surface area contributed by atoms with Crippen LogP contribution in [0.15, 0.2) is 18.6 Å². The van der Waals surface area contributed by atoms with Gasteiger partial charge in [-0.3, -0.25) is 0 Å². The van der Waals surface area contributed by atoms with Crippen LogP contribution in [0.3, 0.4) is 0 Å². The van der Waals surface area contributed by atoms with Crippen molar-refractivity contribution >= 4 is 17.3 Å². The molecule has 2 aromatic rings. The van der Waals surface area contributed by atoms with Crippen LogP contribution in [0.25, 0.3) is 5.65 Å². The lowest BCUT2D eigenvalue weighted by Gasteiger charge is -2.35. The molecule has 1 aliphatic carbocycles. The van der Waals surface area contributed by atoms with Gasteiger partial charge in [0.1, 0.15) is 5.82 Å². The fourth-order valence-corrected chi connectivity index (χ4v) is 3.20. The van der Waals surface area contributed by atoms with E-state index in [9.17, 15) is 0 Å². The lowest BCUT2D eigenvalue weighted by Crippen LogP contribution is -2.36. The van der Waals surface area contributed by atoms with E-state index in [1.54, 1.807) is 0 Å². The van der Waals surface area contributed by atoms with E-state index in [1.807, 2.05) is 30.0 Å². The Morgan fingerprint density at radius 2 is 2.25 bits per heavy atom. The van der Waals surface area contributed by atoms with Gasteiger partial charge < -0.3 is 14.6 Å². The highest BCUT2D eigenvalue weighted by molar-refractivity contribution is 5.66. The van der Waals surface area contributed by atoms with Crippen LogP contribution >= 0.6 is 0 Å². The average molecular weight is 273 g/mol. The third kappa shape index (κ3) is 2.32. The molecule has 2 unspecified atom stereocenters. The minimum absolute atomic E-state index is 0.568. The molecule has 0 aliphatic heterocycles. The molecule has 0 spiro atoms. The van der Waals surface area contributed by atoms with Crippen LogP contribution in [0.2, 0.25) is 0 Å². The van der Waals surface area contributed by atoms with Crippen molar-refractivity contribution in [2.75, 3.05) is 24.3 Å². The first-order valence-corrected chi connectivity index (χ1v) is 7.43. The Kier molecular flexibility index (Phi) is 3.51. The van der Waals surface area contributed by atoms with Crippen LogP contribution in [0, 0.1) is 5.92 Å². The summed E-state index contributed by atoms with van der Waals surface area (Å²) in [5.74, 6) is 2.65. The summed E-state index contributed by atoms with van der Waals surface area (Å²) in [6.45, 7) is 2.35. The Bertz CT molecular complexity index is 591. The van der Waals surface area contributed by atoms with Crippen molar-refractivity contribution in [2.24, 2.45) is 5.92 Å². The van der Waals surface area contributed by atoms with E-state index in [1.165, 1.54) is 25.7 Å². The monoisotopic (exact) mass is 273 g/mol. The van der Waals surface area contributed by atoms with Crippen LogP contribution in [-0.4, -0.2) is 34.5 Å². The van der Waals surface area contributed by atoms with E-state index >= 15 is 0 Å². The maximum atomic E-state index is 4.72. The summed E-state index contributed by atoms with van der Waals surface area (Å²) in [5.41, 5.74) is 0.935. The van der Waals surface area contributed by atoms with Crippen molar-refractivity contribution in [1.82, 2.24) is 14.4 Å². The Morgan fingerprint density at radius 3 is 3.00 bits per heavy atom. The molecule has 2 aromatic heterocycles. The van der Waals surface area contributed by atoms with E-state index in [0.717, 1.165) is 23.2 Å². The Morgan fingerprint density at radius 1 is 1.40 bits per heavy atom. The van der Waals surface area contributed by atoms with Crippen LogP contribution in [0.5, 0.6) is 0 Å². The number of hydrogen-bond donors (Lipinski definition) is 1. The van der Waals surface area contributed by atoms with Gasteiger partial charge in [-0.25, -0.2) is 9.97 Å². The quantitative estimate of drug-likeness (QED) is 0.934. The standard InChI is InChI=1S/C15H23N5/c1-11-5-4-6-12(9-11)19(3)15-14-17-7-8-20(14)10-13(16-2)18-15/h7-8,10-12,16H,4-6,9H2,1-3H3. The predicted octanol–water partition coefficient (Wildman–Crippen LogP) is 2.79. The Hall–Kier alpha value is -1.78. The van der Waals surface area contributed by atoms with Crippen molar-refractivity contribution < 1.29 is 0 Å². The molecule has 0 bridgehead atoms. The van der Waals surface area contributed by atoms with Crippen molar-refractivity contribution in [3.63, 3.8) is 0 Å². The second kappa shape index (κ2) is 5.31. The van der Waals surface area contributed by atoms with Crippen molar-refractivity contribution in [1.29, 1.82) is 0 Å². The molecule has 0 aromatic carbocycles. The minimum Gasteiger partial charge on any atom is -0.372 e. The van der Waals surface area contributed by atoms with Crippen LogP contribution in [0.4, 0.5) is 11.6 Å². The molecule has 0 saturated heterocycles. The number of aromatic nitrogens is 3. The SMILES string of the molecule is CNc1cn2ccnc2c(N(C)C2CCCC(C)C2)n1. The zero-order valence-electron chi connectivity index (χ0n) is 12.5. The van der Waals surface area contributed by atoms with Gasteiger partial charge in [-0.05, 0) is 18.8 Å². The molecule has 0 amide bonds. The third-order valence-electron chi connectivity index (χ3n) is 4.40. The molecule has 5 nitrogen and oxygen atoms in total. The number of nitrogens with one attached hydrogen (secondary N) is 1. The average Bonchev–Trinajstić information content (AvgIpc) is 2.93. The summed E-state index contributed by atoms with van der Waals surface area (Å²) in [6, 6.07) is 0.568. The highest BCUT2D eigenvalue weighted by Crippen LogP contribution is 2.30. The fourth-order valence-electron chi connectivity index (χ4n) is 3.20. The number of anilines is 2. The molecule has 2 atom stereocenters. The summed E-state index contributed by atoms with van der Waals surface area (Å²) < 4.78 is 2.04. The summed E-state index contributed by atoms with van der Waals surface area (Å²) in [4.78, 5) is 11.5. The normalized spacial score (nSPS) is 22.9. The largest absolute Gasteiger partial charge is 0.372 e. The lowest BCUT2D eigenvalue weighted by atomic mass is 9.86. The number of hydrogen-bond acceptors (Lipinski definition) is 4. The molecule has 108 valence electrons. The van der Waals surface area contributed by atoms with Crippen molar-refractivity contribution in [3.05, 3.63) is 18.6 Å². The van der Waals surface area contributed by atoms with Crippen molar-refractivity contribution in [2.45, 2.75) is 38.6 Å². The zero-order chi connectivity index (χ0) is 14.1. The van der Waals surface area contributed by atoms with Crippen LogP contribution in [-0.2, 0) is 0 Å². The summed E-state index contributed by atoms with van der Waals surface area (Å²) in [5, 5.41) is 3.13. The first-order chi connectivity index (χ1) is 9.69. The maximum Gasteiger partial charge on any atom is 0.180 e. The topological polar surface area (TPSA) is 45.5 Å². The van der Waals surface area contributed by atoms with Gasteiger partial charge in [-0.2, -0.15) is 0 Å². The Balaban J connectivity index is 1.97. The molecule has 1 aliphatic rings. The van der Waals surface area contributed by atoms with Crippen LogP contribution < -0.4 is 10.2 Å². The predicted molar refractivity (Wildman–Crippen MR) is 82.4 cm³/mol. The molecule has 3 rings (SSSR count). The molecular weight excluding hydrogens is 250 g/mol. The third-order valence-corrected chi connectivity index (χ3v) is 4.40. The molecule has 5 heteroatoms. The first-order valence-electron chi connectivity index (χ1n) is 7.43. The van der Waals surface area contributed by atoms with E-state index < -0.39 is 0 Å². The fraction of sp³-hybridized carbons (Fsp3) is 0.600. The molecule has 0 radical (unpaired) electrons. The van der Waals surface area contributed by atoms with Crippen LogP contribution in [0.1, 0.15) is 32.6 Å². The van der Waals surface area contributed by atoms with Gasteiger partial charge >= 0.3 is 0 Å². The number of fused-ring (bicyclic) bond motifs is 1. The van der Waals surface area contributed by atoms with Gasteiger partial charge in [0.05, 0.1) is 6.20 Å². The van der Waals surface area contributed by atoms with Crippen molar-refractivity contribution in [3.8, 4) is 0 Å². The molecule has 1 fully saturated rings. The zero-order valence-corrected chi connectivity index (χ0v) is 12.5. The first kappa shape index (κ1) is 13.2. The highest BCUT2D eigenvalue weighted by Gasteiger charge is 2.25. The second-order valence-corrected chi connectivity index (χ2v) is 5.89. The minimum atomic E-state index is 0.568. The molecule has 20 heavy (non-hydrogen) atoms. The Labute approximate surface area is 120 Å². The maximum absolute atomic E-state index is 4.72. The van der Waals surface area contributed by atoms with E-state index in [2.05, 4.69) is 29.2 Å². The van der Waals surface area contributed by atoms with Gasteiger partial charge in [0.25, 0.3) is 0 Å². The van der Waals surface area contributed by atoms with Gasteiger partial charge in [0, 0.05) is 32.5 Å². The van der Waals surface area contributed by atoms with E-state index in [0.29, 0.717) is 6.04 Å².